The molecule has 3 N–H and O–H groups in total. The van der Waals surface area contributed by atoms with Crippen LogP contribution in [0.2, 0.25) is 0 Å². The zero-order chi connectivity index (χ0) is 14.7. The van der Waals surface area contributed by atoms with Gasteiger partial charge in [0.05, 0.1) is 23.1 Å². The first-order chi connectivity index (χ1) is 10.2. The summed E-state index contributed by atoms with van der Waals surface area (Å²) in [6, 6.07) is 4.02. The molecule has 0 saturated carbocycles. The Balaban J connectivity index is 1.51. The maximum atomic E-state index is 11.9. The Kier molecular flexibility index (Phi) is 4.64. The number of carbonyl (C=O) groups excluding carboxylic acids is 1. The topological polar surface area (TPSA) is 74.2 Å². The van der Waals surface area contributed by atoms with Gasteiger partial charge in [-0.15, -0.1) is 22.7 Å². The number of rotatable bonds is 5. The molecule has 7 heteroatoms. The van der Waals surface area contributed by atoms with Crippen LogP contribution in [0.3, 0.4) is 0 Å². The van der Waals surface area contributed by atoms with Crippen LogP contribution >= 0.6 is 22.7 Å². The van der Waals surface area contributed by atoms with Gasteiger partial charge in [-0.1, -0.05) is 6.07 Å². The summed E-state index contributed by atoms with van der Waals surface area (Å²) < 4.78 is 0. The highest BCUT2D eigenvalue weighted by Crippen LogP contribution is 2.27. The summed E-state index contributed by atoms with van der Waals surface area (Å²) in [5.74, 6) is 0.0585. The van der Waals surface area contributed by atoms with E-state index in [1.54, 1.807) is 22.7 Å². The van der Waals surface area contributed by atoms with Gasteiger partial charge >= 0.3 is 0 Å². The van der Waals surface area contributed by atoms with Crippen molar-refractivity contribution in [3.63, 3.8) is 0 Å². The van der Waals surface area contributed by atoms with Crippen molar-refractivity contribution in [2.24, 2.45) is 5.92 Å². The molecule has 1 aliphatic heterocycles. The Morgan fingerprint density at radius 3 is 3.10 bits per heavy atom. The first-order valence-electron chi connectivity index (χ1n) is 6.86. The van der Waals surface area contributed by atoms with Crippen molar-refractivity contribution in [3.05, 3.63) is 28.6 Å². The number of β-amino-alcohol motifs (C(OH)–C–C–N with tert-alkyl or cyclic N) is 1. The normalized spacial score (nSPS) is 21.6. The molecule has 2 aromatic heterocycles. The Morgan fingerprint density at radius 1 is 1.48 bits per heavy atom. The van der Waals surface area contributed by atoms with E-state index in [2.05, 4.69) is 15.6 Å². The Morgan fingerprint density at radius 2 is 2.38 bits per heavy atom. The minimum Gasteiger partial charge on any atom is -0.391 e. The standard InChI is InChI=1S/C14H17N3O2S2/c18-11-7-15-5-9(11)6-16-13(19)4-10-8-21-14(17-10)12-2-1-3-20-12/h1-3,8-9,11,15,18H,4-7H2,(H,16,19). The van der Waals surface area contributed by atoms with Gasteiger partial charge in [-0.2, -0.15) is 0 Å². The van der Waals surface area contributed by atoms with Crippen molar-refractivity contribution in [1.29, 1.82) is 0 Å². The third kappa shape index (κ3) is 3.68. The van der Waals surface area contributed by atoms with Gasteiger partial charge in [-0.25, -0.2) is 4.98 Å². The molecular formula is C14H17N3O2S2. The van der Waals surface area contributed by atoms with Crippen molar-refractivity contribution in [3.8, 4) is 9.88 Å². The van der Waals surface area contributed by atoms with Gasteiger partial charge in [0.2, 0.25) is 5.91 Å². The fraction of sp³-hybridized carbons (Fsp3) is 0.429. The average Bonchev–Trinajstić information content (AvgIpc) is 3.17. The van der Waals surface area contributed by atoms with Crippen LogP contribution in [0.25, 0.3) is 9.88 Å². The molecule has 0 spiro atoms. The third-order valence-electron chi connectivity index (χ3n) is 3.49. The van der Waals surface area contributed by atoms with Gasteiger partial charge in [-0.05, 0) is 11.4 Å². The lowest BCUT2D eigenvalue weighted by Gasteiger charge is -2.13. The van der Waals surface area contributed by atoms with Gasteiger partial charge in [-0.3, -0.25) is 4.79 Å². The molecule has 0 radical (unpaired) electrons. The van der Waals surface area contributed by atoms with Gasteiger partial charge in [0.25, 0.3) is 0 Å². The van der Waals surface area contributed by atoms with Gasteiger partial charge in [0.1, 0.15) is 5.01 Å². The molecule has 2 unspecified atom stereocenters. The molecule has 21 heavy (non-hydrogen) atoms. The summed E-state index contributed by atoms with van der Waals surface area (Å²) >= 11 is 3.21. The Labute approximate surface area is 131 Å². The van der Waals surface area contributed by atoms with E-state index in [9.17, 15) is 9.90 Å². The van der Waals surface area contributed by atoms with Crippen molar-refractivity contribution in [1.82, 2.24) is 15.6 Å². The number of amides is 1. The molecule has 1 amide bonds. The predicted octanol–water partition coefficient (Wildman–Crippen LogP) is 1.11. The van der Waals surface area contributed by atoms with Crippen molar-refractivity contribution < 1.29 is 9.90 Å². The van der Waals surface area contributed by atoms with Gasteiger partial charge in [0.15, 0.2) is 0 Å². The third-order valence-corrected chi connectivity index (χ3v) is 5.42. The van der Waals surface area contributed by atoms with Crippen molar-refractivity contribution >= 4 is 28.6 Å². The lowest BCUT2D eigenvalue weighted by atomic mass is 10.1. The number of nitrogens with zero attached hydrogens (tertiary/aromatic N) is 1. The number of aliphatic hydroxyl groups is 1. The highest BCUT2D eigenvalue weighted by Gasteiger charge is 2.25. The molecule has 1 saturated heterocycles. The quantitative estimate of drug-likeness (QED) is 0.771. The lowest BCUT2D eigenvalue weighted by Crippen LogP contribution is -2.35. The SMILES string of the molecule is O=C(Cc1csc(-c2cccs2)n1)NCC1CNCC1O. The van der Waals surface area contributed by atoms with Crippen LogP contribution in [0.1, 0.15) is 5.69 Å². The number of aliphatic hydroxyl groups excluding tert-OH is 1. The number of hydrogen-bond donors (Lipinski definition) is 3. The molecule has 3 heterocycles. The number of hydrogen-bond acceptors (Lipinski definition) is 6. The zero-order valence-corrected chi connectivity index (χ0v) is 13.0. The first-order valence-corrected chi connectivity index (χ1v) is 8.62. The van der Waals surface area contributed by atoms with Crippen LogP contribution in [0, 0.1) is 5.92 Å². The minimum absolute atomic E-state index is 0.0443. The second-order valence-corrected chi connectivity index (χ2v) is 6.89. The van der Waals surface area contributed by atoms with Crippen LogP contribution in [0.4, 0.5) is 0 Å². The van der Waals surface area contributed by atoms with Gasteiger partial charge in [0, 0.05) is 30.9 Å². The fourth-order valence-electron chi connectivity index (χ4n) is 2.30. The Hall–Kier alpha value is -1.28. The summed E-state index contributed by atoms with van der Waals surface area (Å²) in [5, 5.41) is 20.6. The molecule has 3 rings (SSSR count). The largest absolute Gasteiger partial charge is 0.391 e. The van der Waals surface area contributed by atoms with E-state index in [1.165, 1.54) is 0 Å². The lowest BCUT2D eigenvalue weighted by molar-refractivity contribution is -0.120. The zero-order valence-electron chi connectivity index (χ0n) is 11.4. The highest BCUT2D eigenvalue weighted by atomic mass is 32.1. The van der Waals surface area contributed by atoms with E-state index in [0.717, 1.165) is 22.1 Å². The summed E-state index contributed by atoms with van der Waals surface area (Å²) in [5.41, 5.74) is 0.797. The predicted molar refractivity (Wildman–Crippen MR) is 84.5 cm³/mol. The van der Waals surface area contributed by atoms with E-state index in [4.69, 9.17) is 0 Å². The maximum Gasteiger partial charge on any atom is 0.226 e. The molecule has 2 aromatic rings. The number of thiophene rings is 1. The first kappa shape index (κ1) is 14.6. The van der Waals surface area contributed by atoms with E-state index >= 15 is 0 Å². The minimum atomic E-state index is -0.366. The average molecular weight is 323 g/mol. The summed E-state index contributed by atoms with van der Waals surface area (Å²) in [6.45, 7) is 1.87. The van der Waals surface area contributed by atoms with E-state index in [1.807, 2.05) is 22.9 Å². The van der Waals surface area contributed by atoms with Crippen LogP contribution in [0.5, 0.6) is 0 Å². The van der Waals surface area contributed by atoms with E-state index in [0.29, 0.717) is 13.1 Å². The molecule has 2 atom stereocenters. The van der Waals surface area contributed by atoms with E-state index in [-0.39, 0.29) is 24.3 Å². The molecule has 0 aliphatic carbocycles. The second-order valence-electron chi connectivity index (χ2n) is 5.09. The number of thiazole rings is 1. The molecule has 1 aliphatic rings. The highest BCUT2D eigenvalue weighted by molar-refractivity contribution is 7.20. The number of nitrogens with one attached hydrogen (secondary N) is 2. The van der Waals surface area contributed by atoms with Crippen LogP contribution in [-0.2, 0) is 11.2 Å². The molecule has 112 valence electrons. The van der Waals surface area contributed by atoms with Crippen LogP contribution in [-0.4, -0.2) is 41.7 Å². The monoisotopic (exact) mass is 323 g/mol. The second kappa shape index (κ2) is 6.65. The molecule has 0 bridgehead atoms. The smallest absolute Gasteiger partial charge is 0.226 e. The van der Waals surface area contributed by atoms with Crippen LogP contribution in [0.15, 0.2) is 22.9 Å². The van der Waals surface area contributed by atoms with Crippen molar-refractivity contribution in [2.45, 2.75) is 12.5 Å². The van der Waals surface area contributed by atoms with Crippen molar-refractivity contribution in [2.75, 3.05) is 19.6 Å². The number of carbonyl (C=O) groups is 1. The Bertz CT molecular complexity index is 597. The molecule has 0 aromatic carbocycles. The fourth-order valence-corrected chi connectivity index (χ4v) is 3.93. The molecular weight excluding hydrogens is 306 g/mol. The van der Waals surface area contributed by atoms with Crippen LogP contribution < -0.4 is 10.6 Å². The number of aromatic nitrogens is 1. The summed E-state index contributed by atoms with van der Waals surface area (Å²) in [6.07, 6.45) is -0.0759. The van der Waals surface area contributed by atoms with Gasteiger partial charge < -0.3 is 15.7 Å². The molecule has 5 nitrogen and oxygen atoms in total. The molecule has 1 fully saturated rings. The van der Waals surface area contributed by atoms with E-state index < -0.39 is 0 Å². The maximum absolute atomic E-state index is 11.9. The summed E-state index contributed by atoms with van der Waals surface area (Å²) in [4.78, 5) is 17.6. The summed E-state index contributed by atoms with van der Waals surface area (Å²) in [7, 11) is 0.